The van der Waals surface area contributed by atoms with Gasteiger partial charge in [0.15, 0.2) is 0 Å². The first-order chi connectivity index (χ1) is 18.2. The Balaban J connectivity index is 1.64. The fourth-order valence-corrected chi connectivity index (χ4v) is 10.2. The van der Waals surface area contributed by atoms with E-state index in [1.807, 2.05) is 0 Å². The Bertz CT molecular complexity index is 1110. The molecule has 0 radical (unpaired) electrons. The number of carbonyl (C=O) groups excluding carboxylic acids is 1. The molecule has 0 heterocycles. The third-order valence-corrected chi connectivity index (χ3v) is 12.1. The molecule has 5 saturated carbocycles. The van der Waals surface area contributed by atoms with Gasteiger partial charge in [0, 0.05) is 29.7 Å². The van der Waals surface area contributed by atoms with Crippen LogP contribution in [0.4, 0.5) is 0 Å². The van der Waals surface area contributed by atoms with Crippen LogP contribution in [-0.2, 0) is 14.3 Å². The van der Waals surface area contributed by atoms with Crippen LogP contribution in [0, 0.1) is 34.5 Å². The highest BCUT2D eigenvalue weighted by Crippen LogP contribution is 2.69. The summed E-state index contributed by atoms with van der Waals surface area (Å²) in [5, 5.41) is 33.1. The Morgan fingerprint density at radius 2 is 1.64 bits per heavy atom. The maximum Gasteiger partial charge on any atom is 0.332 e. The fraction of sp³-hybridized carbons (Fsp3) is 0.806. The first-order valence-corrected chi connectivity index (χ1v) is 14.9. The fourth-order valence-electron chi connectivity index (χ4n) is 10.2. The van der Waals surface area contributed by atoms with E-state index in [1.54, 1.807) is 0 Å². The van der Waals surface area contributed by atoms with Crippen molar-refractivity contribution < 1.29 is 29.6 Å². The van der Waals surface area contributed by atoms with Gasteiger partial charge in [0.25, 0.3) is 0 Å². The summed E-state index contributed by atoms with van der Waals surface area (Å²) in [6.07, 6.45) is 3.88. The number of ether oxygens (including phenoxy) is 1. The summed E-state index contributed by atoms with van der Waals surface area (Å²) < 4.78 is 5.90. The molecular formula is C31H48N2O6. The second kappa shape index (κ2) is 9.68. The van der Waals surface area contributed by atoms with Crippen LogP contribution >= 0.6 is 0 Å². The quantitative estimate of drug-likeness (QED) is 0.205. The Morgan fingerprint density at radius 3 is 2.23 bits per heavy atom. The number of hydrogen-bond acceptors (Lipinski definition) is 7. The molecule has 5 rings (SSSR count). The van der Waals surface area contributed by atoms with Crippen LogP contribution in [0.5, 0.6) is 0 Å². The van der Waals surface area contributed by atoms with Crippen LogP contribution in [0.1, 0.15) is 92.4 Å². The Morgan fingerprint density at radius 1 is 0.974 bits per heavy atom. The zero-order valence-corrected chi connectivity index (χ0v) is 24.2. The number of aliphatic hydroxyl groups is 2. The lowest BCUT2D eigenvalue weighted by Crippen LogP contribution is -2.69. The molecule has 0 bridgehead atoms. The van der Waals surface area contributed by atoms with Crippen molar-refractivity contribution in [3.05, 3.63) is 22.3 Å². The van der Waals surface area contributed by atoms with Crippen molar-refractivity contribution in [1.29, 1.82) is 0 Å². The van der Waals surface area contributed by atoms with Crippen molar-refractivity contribution in [3.63, 3.8) is 0 Å². The number of fused-ring (bicyclic) bond motifs is 5. The summed E-state index contributed by atoms with van der Waals surface area (Å²) in [5.74, 6) is -1.63. The van der Waals surface area contributed by atoms with Crippen LogP contribution in [0.25, 0.3) is 0 Å². The van der Waals surface area contributed by atoms with E-state index in [-0.39, 0.29) is 47.1 Å². The van der Waals surface area contributed by atoms with E-state index in [9.17, 15) is 24.9 Å². The van der Waals surface area contributed by atoms with Gasteiger partial charge >= 0.3 is 11.9 Å². The number of aliphatic hydroxyl groups excluding tert-OH is 2. The number of nitrogens with two attached hydrogens (primary N) is 2. The molecule has 0 aromatic heterocycles. The molecule has 5 fully saturated rings. The Kier molecular flexibility index (Phi) is 7.14. The van der Waals surface area contributed by atoms with Crippen LogP contribution in [-0.4, -0.2) is 57.2 Å². The molecule has 0 aromatic carbocycles. The third kappa shape index (κ3) is 4.15. The molecule has 218 valence electrons. The molecular weight excluding hydrogens is 496 g/mol. The van der Waals surface area contributed by atoms with Gasteiger partial charge in [0.2, 0.25) is 0 Å². The second-order valence-electron chi connectivity index (χ2n) is 14.1. The molecule has 8 nitrogen and oxygen atoms in total. The van der Waals surface area contributed by atoms with E-state index in [0.717, 1.165) is 32.1 Å². The van der Waals surface area contributed by atoms with Crippen molar-refractivity contribution in [2.75, 3.05) is 0 Å². The minimum absolute atomic E-state index is 0.0115. The van der Waals surface area contributed by atoms with Gasteiger partial charge in [-0.1, -0.05) is 25.0 Å². The van der Waals surface area contributed by atoms with Gasteiger partial charge in [0.1, 0.15) is 6.10 Å². The lowest BCUT2D eigenvalue weighted by atomic mass is 9.41. The van der Waals surface area contributed by atoms with Crippen molar-refractivity contribution in [2.24, 2.45) is 46.0 Å². The summed E-state index contributed by atoms with van der Waals surface area (Å²) in [6.45, 7) is 9.84. The van der Waals surface area contributed by atoms with E-state index in [0.29, 0.717) is 24.8 Å². The van der Waals surface area contributed by atoms with Gasteiger partial charge in [0.05, 0.1) is 12.2 Å². The van der Waals surface area contributed by atoms with Gasteiger partial charge in [-0.2, -0.15) is 0 Å². The molecule has 0 spiro atoms. The second-order valence-corrected chi connectivity index (χ2v) is 14.1. The summed E-state index contributed by atoms with van der Waals surface area (Å²) >= 11 is 0. The highest BCUT2D eigenvalue weighted by atomic mass is 16.5. The molecule has 5 aliphatic carbocycles. The number of rotatable bonds is 3. The minimum Gasteiger partial charge on any atom is -0.478 e. The molecule has 5 aliphatic rings. The molecule has 11 atom stereocenters. The Labute approximate surface area is 232 Å². The first-order valence-electron chi connectivity index (χ1n) is 14.9. The molecule has 2 unspecified atom stereocenters. The highest BCUT2D eigenvalue weighted by Gasteiger charge is 2.71. The van der Waals surface area contributed by atoms with Gasteiger partial charge in [-0.05, 0) is 106 Å². The van der Waals surface area contributed by atoms with Crippen LogP contribution in [0.2, 0.25) is 0 Å². The number of hydrogen-bond donors (Lipinski definition) is 5. The number of carboxylic acids is 1. The summed E-state index contributed by atoms with van der Waals surface area (Å²) in [5.41, 5.74) is 15.3. The largest absolute Gasteiger partial charge is 0.478 e. The maximum atomic E-state index is 13.0. The molecule has 0 aromatic rings. The van der Waals surface area contributed by atoms with E-state index in [2.05, 4.69) is 27.7 Å². The van der Waals surface area contributed by atoms with E-state index < -0.39 is 41.2 Å². The first kappa shape index (κ1) is 28.8. The monoisotopic (exact) mass is 544 g/mol. The molecule has 7 N–H and O–H groups in total. The lowest BCUT2D eigenvalue weighted by molar-refractivity contribution is -0.186. The van der Waals surface area contributed by atoms with Crippen molar-refractivity contribution >= 4 is 11.9 Å². The molecule has 8 heteroatoms. The molecule has 0 aliphatic heterocycles. The third-order valence-electron chi connectivity index (χ3n) is 12.1. The number of allylic oxidation sites excluding steroid dienone is 2. The number of carbonyl (C=O) groups is 2. The average Bonchev–Trinajstić information content (AvgIpc) is 3.39. The maximum absolute atomic E-state index is 13.0. The van der Waals surface area contributed by atoms with Gasteiger partial charge in [-0.3, -0.25) is 4.79 Å². The van der Waals surface area contributed by atoms with Crippen LogP contribution < -0.4 is 11.5 Å². The average molecular weight is 545 g/mol. The van der Waals surface area contributed by atoms with E-state index in [1.165, 1.54) is 18.1 Å². The topological polar surface area (TPSA) is 156 Å². The summed E-state index contributed by atoms with van der Waals surface area (Å²) in [6, 6.07) is -0.327. The minimum atomic E-state index is -1.12. The normalized spacial score (nSPS) is 48.6. The van der Waals surface area contributed by atoms with Crippen LogP contribution in [0.15, 0.2) is 22.3 Å². The number of carboxylic acid groups (broad SMARTS) is 1. The van der Waals surface area contributed by atoms with Gasteiger partial charge in [-0.25, -0.2) is 4.79 Å². The standard InChI is InChI=1S/C31H48N2O6/c1-15(2)17-6-7-18(12-17)24(28(37)38)26-23(39-16(3)34)14-30(5)19-8-9-20-27(32)21(35)10-11-29(20,4)25(19)22(36)13-31(26,30)33/h18-23,25,27,35-36H,6-14,32-33H2,1-5H3,(H,37,38)/b26-24+/t18?,19?,20-,21+,22+,23-,25-,27-,29-,30+,31+/m0/s1. The lowest BCUT2D eigenvalue weighted by Gasteiger charge is -2.65. The smallest absolute Gasteiger partial charge is 0.332 e. The van der Waals surface area contributed by atoms with Crippen molar-refractivity contribution in [2.45, 2.75) is 122 Å². The number of aliphatic carboxylic acids is 1. The SMILES string of the molecule is CC(=O)O[C@H]1C[C@]2(C)C3CC[C@H]4[C@H](N)[C@H](O)CC[C@]4(C)[C@@H]3[C@H](O)C[C@@]2(N)/C1=C(/C(=O)O)C1CCC(=C(C)C)C1. The van der Waals surface area contributed by atoms with Crippen LogP contribution in [0.3, 0.4) is 0 Å². The predicted molar refractivity (Wildman–Crippen MR) is 147 cm³/mol. The summed E-state index contributed by atoms with van der Waals surface area (Å²) in [4.78, 5) is 25.3. The Hall–Kier alpha value is -1.74. The van der Waals surface area contributed by atoms with Gasteiger partial charge < -0.3 is 31.5 Å². The zero-order chi connectivity index (χ0) is 28.7. The van der Waals surface area contributed by atoms with Crippen molar-refractivity contribution in [1.82, 2.24) is 0 Å². The molecule has 0 amide bonds. The molecule has 39 heavy (non-hydrogen) atoms. The van der Waals surface area contributed by atoms with E-state index in [4.69, 9.17) is 16.2 Å². The zero-order valence-electron chi connectivity index (χ0n) is 24.2. The predicted octanol–water partition coefficient (Wildman–Crippen LogP) is 3.44. The number of esters is 1. The summed E-state index contributed by atoms with van der Waals surface area (Å²) in [7, 11) is 0. The van der Waals surface area contributed by atoms with Gasteiger partial charge in [-0.15, -0.1) is 0 Å². The van der Waals surface area contributed by atoms with E-state index >= 15 is 0 Å². The highest BCUT2D eigenvalue weighted by molar-refractivity contribution is 5.89. The van der Waals surface area contributed by atoms with Crippen molar-refractivity contribution in [3.8, 4) is 0 Å². The molecule has 0 saturated heterocycles.